The zero-order valence-corrected chi connectivity index (χ0v) is 15.3. The predicted molar refractivity (Wildman–Crippen MR) is 103 cm³/mol. The SMILES string of the molecule is O=C(CN1CCCC[C@H]1c1nnc(-c2ccccc2F)o1)Nc1ccccc1. The molecule has 1 N–H and O–H groups in total. The number of halogens is 1. The van der Waals surface area contributed by atoms with Crippen LogP contribution in [0.1, 0.15) is 31.2 Å². The van der Waals surface area contributed by atoms with Crippen molar-refractivity contribution in [2.24, 2.45) is 0 Å². The first kappa shape index (κ1) is 18.3. The Kier molecular flexibility index (Phi) is 5.43. The first-order valence-electron chi connectivity index (χ1n) is 9.38. The van der Waals surface area contributed by atoms with Crippen LogP contribution in [0.3, 0.4) is 0 Å². The van der Waals surface area contributed by atoms with E-state index in [2.05, 4.69) is 15.5 Å². The highest BCUT2D eigenvalue weighted by Gasteiger charge is 2.30. The normalized spacial score (nSPS) is 17.4. The minimum Gasteiger partial charge on any atom is -0.419 e. The summed E-state index contributed by atoms with van der Waals surface area (Å²) in [5.74, 6) is 0.0882. The summed E-state index contributed by atoms with van der Waals surface area (Å²) in [7, 11) is 0. The number of piperidine rings is 1. The molecule has 3 aromatic rings. The van der Waals surface area contributed by atoms with E-state index in [1.165, 1.54) is 6.07 Å². The molecule has 0 unspecified atom stereocenters. The number of aromatic nitrogens is 2. The average Bonchev–Trinajstić information content (AvgIpc) is 3.19. The summed E-state index contributed by atoms with van der Waals surface area (Å²) in [4.78, 5) is 14.5. The summed E-state index contributed by atoms with van der Waals surface area (Å²) in [6, 6.07) is 15.5. The molecule has 4 rings (SSSR count). The number of nitrogens with zero attached hydrogens (tertiary/aromatic N) is 3. The molecule has 2 heterocycles. The molecular weight excluding hydrogens is 359 g/mol. The molecule has 0 spiro atoms. The smallest absolute Gasteiger partial charge is 0.250 e. The lowest BCUT2D eigenvalue weighted by Gasteiger charge is -2.32. The van der Waals surface area contributed by atoms with E-state index in [0.29, 0.717) is 5.89 Å². The Morgan fingerprint density at radius 1 is 1.11 bits per heavy atom. The van der Waals surface area contributed by atoms with Crippen LogP contribution < -0.4 is 5.32 Å². The molecule has 7 heteroatoms. The van der Waals surface area contributed by atoms with Gasteiger partial charge in [-0.15, -0.1) is 10.2 Å². The maximum Gasteiger partial charge on any atom is 0.250 e. The van der Waals surface area contributed by atoms with Crippen molar-refractivity contribution in [2.75, 3.05) is 18.4 Å². The van der Waals surface area contributed by atoms with Gasteiger partial charge < -0.3 is 9.73 Å². The number of anilines is 1. The molecule has 0 bridgehead atoms. The zero-order valence-electron chi connectivity index (χ0n) is 15.3. The Morgan fingerprint density at radius 3 is 2.71 bits per heavy atom. The van der Waals surface area contributed by atoms with Gasteiger partial charge in [0.25, 0.3) is 5.89 Å². The van der Waals surface area contributed by atoms with Crippen molar-refractivity contribution >= 4 is 11.6 Å². The number of nitrogens with one attached hydrogen (secondary N) is 1. The van der Waals surface area contributed by atoms with E-state index in [9.17, 15) is 9.18 Å². The lowest BCUT2D eigenvalue weighted by atomic mass is 10.0. The second-order valence-electron chi connectivity index (χ2n) is 6.82. The highest BCUT2D eigenvalue weighted by molar-refractivity contribution is 5.92. The highest BCUT2D eigenvalue weighted by atomic mass is 19.1. The summed E-state index contributed by atoms with van der Waals surface area (Å²) in [6.07, 6.45) is 2.83. The molecule has 0 aliphatic carbocycles. The molecule has 1 saturated heterocycles. The van der Waals surface area contributed by atoms with Crippen LogP contribution in [0, 0.1) is 5.82 Å². The number of para-hydroxylation sites is 1. The van der Waals surface area contributed by atoms with Crippen LogP contribution in [-0.2, 0) is 4.79 Å². The van der Waals surface area contributed by atoms with Crippen molar-refractivity contribution in [3.05, 3.63) is 66.3 Å². The summed E-state index contributed by atoms with van der Waals surface area (Å²) in [5, 5.41) is 11.1. The number of benzene rings is 2. The topological polar surface area (TPSA) is 71.3 Å². The molecule has 1 fully saturated rings. The van der Waals surface area contributed by atoms with E-state index in [1.807, 2.05) is 35.2 Å². The summed E-state index contributed by atoms with van der Waals surface area (Å²) in [5.41, 5.74) is 1.05. The monoisotopic (exact) mass is 380 g/mol. The van der Waals surface area contributed by atoms with Crippen LogP contribution >= 0.6 is 0 Å². The summed E-state index contributed by atoms with van der Waals surface area (Å²) < 4.78 is 19.8. The average molecular weight is 380 g/mol. The van der Waals surface area contributed by atoms with Gasteiger partial charge in [0.15, 0.2) is 0 Å². The summed E-state index contributed by atoms with van der Waals surface area (Å²) in [6.45, 7) is 1.00. The highest BCUT2D eigenvalue weighted by Crippen LogP contribution is 2.32. The van der Waals surface area contributed by atoms with Crippen molar-refractivity contribution in [3.63, 3.8) is 0 Å². The Labute approximate surface area is 162 Å². The molecule has 144 valence electrons. The van der Waals surface area contributed by atoms with Crippen LogP contribution in [0.5, 0.6) is 0 Å². The maximum atomic E-state index is 14.0. The largest absolute Gasteiger partial charge is 0.419 e. The third-order valence-corrected chi connectivity index (χ3v) is 4.85. The Balaban J connectivity index is 1.48. The van der Waals surface area contributed by atoms with Crippen LogP contribution in [0.15, 0.2) is 59.0 Å². The number of rotatable bonds is 5. The van der Waals surface area contributed by atoms with Gasteiger partial charge >= 0.3 is 0 Å². The Morgan fingerprint density at radius 2 is 1.89 bits per heavy atom. The first-order valence-corrected chi connectivity index (χ1v) is 9.38. The molecule has 1 aromatic heterocycles. The Hall–Kier alpha value is -3.06. The van der Waals surface area contributed by atoms with E-state index in [1.54, 1.807) is 18.2 Å². The second kappa shape index (κ2) is 8.31. The molecule has 2 aromatic carbocycles. The summed E-state index contributed by atoms with van der Waals surface area (Å²) >= 11 is 0. The molecule has 28 heavy (non-hydrogen) atoms. The van der Waals surface area contributed by atoms with Crippen molar-refractivity contribution < 1.29 is 13.6 Å². The third kappa shape index (κ3) is 4.09. The van der Waals surface area contributed by atoms with Gasteiger partial charge in [-0.1, -0.05) is 36.8 Å². The van der Waals surface area contributed by atoms with Crippen molar-refractivity contribution in [2.45, 2.75) is 25.3 Å². The standard InChI is InChI=1S/C21H21FN4O2/c22-17-11-5-4-10-16(17)20-24-25-21(28-20)18-12-6-7-13-26(18)14-19(27)23-15-8-2-1-3-9-15/h1-5,8-11,18H,6-7,12-14H2,(H,23,27)/t18-/m0/s1. The molecular formula is C21H21FN4O2. The minimum absolute atomic E-state index is 0.0908. The van der Waals surface area contributed by atoms with Gasteiger partial charge in [-0.25, -0.2) is 4.39 Å². The Bertz CT molecular complexity index is 944. The fourth-order valence-corrected chi connectivity index (χ4v) is 3.48. The quantitative estimate of drug-likeness (QED) is 0.723. The number of amides is 1. The van der Waals surface area contributed by atoms with Crippen LogP contribution in [0.2, 0.25) is 0 Å². The number of hydrogen-bond acceptors (Lipinski definition) is 5. The third-order valence-electron chi connectivity index (χ3n) is 4.85. The number of likely N-dealkylation sites (tertiary alicyclic amines) is 1. The molecule has 0 saturated carbocycles. The fraction of sp³-hybridized carbons (Fsp3) is 0.286. The molecule has 1 amide bonds. The number of carbonyl (C=O) groups excluding carboxylic acids is 1. The van der Waals surface area contributed by atoms with Gasteiger partial charge in [0.05, 0.1) is 18.2 Å². The maximum absolute atomic E-state index is 14.0. The van der Waals surface area contributed by atoms with Gasteiger partial charge in [0.1, 0.15) is 5.82 Å². The van der Waals surface area contributed by atoms with Gasteiger partial charge in [-0.3, -0.25) is 9.69 Å². The van der Waals surface area contributed by atoms with E-state index in [0.717, 1.165) is 31.5 Å². The van der Waals surface area contributed by atoms with Crippen molar-refractivity contribution in [1.82, 2.24) is 15.1 Å². The van der Waals surface area contributed by atoms with Gasteiger partial charge in [-0.2, -0.15) is 0 Å². The van der Waals surface area contributed by atoms with Crippen LogP contribution in [0.4, 0.5) is 10.1 Å². The van der Waals surface area contributed by atoms with Crippen molar-refractivity contribution in [1.29, 1.82) is 0 Å². The fourth-order valence-electron chi connectivity index (χ4n) is 3.48. The molecule has 0 radical (unpaired) electrons. The van der Waals surface area contributed by atoms with E-state index >= 15 is 0 Å². The number of hydrogen-bond donors (Lipinski definition) is 1. The van der Waals surface area contributed by atoms with Crippen LogP contribution in [0.25, 0.3) is 11.5 Å². The number of carbonyl (C=O) groups is 1. The predicted octanol–water partition coefficient (Wildman–Crippen LogP) is 4.04. The molecule has 1 aliphatic heterocycles. The van der Waals surface area contributed by atoms with E-state index < -0.39 is 5.82 Å². The zero-order chi connectivity index (χ0) is 19.3. The lowest BCUT2D eigenvalue weighted by Crippen LogP contribution is -2.39. The lowest BCUT2D eigenvalue weighted by molar-refractivity contribution is -0.118. The van der Waals surface area contributed by atoms with Gasteiger partial charge in [-0.05, 0) is 43.7 Å². The first-order chi connectivity index (χ1) is 13.7. The van der Waals surface area contributed by atoms with Crippen molar-refractivity contribution in [3.8, 4) is 11.5 Å². The van der Waals surface area contributed by atoms with E-state index in [4.69, 9.17) is 4.42 Å². The minimum atomic E-state index is -0.402. The second-order valence-corrected chi connectivity index (χ2v) is 6.82. The molecule has 1 atom stereocenters. The molecule has 6 nitrogen and oxygen atoms in total. The molecule has 1 aliphatic rings. The van der Waals surface area contributed by atoms with E-state index in [-0.39, 0.29) is 29.9 Å². The van der Waals surface area contributed by atoms with Gasteiger partial charge in [0, 0.05) is 5.69 Å². The van der Waals surface area contributed by atoms with Crippen LogP contribution in [-0.4, -0.2) is 34.1 Å². The van der Waals surface area contributed by atoms with Gasteiger partial charge in [0.2, 0.25) is 11.8 Å².